The first kappa shape index (κ1) is 6.55. The van der Waals surface area contributed by atoms with E-state index in [1.807, 2.05) is 0 Å². The summed E-state index contributed by atoms with van der Waals surface area (Å²) in [5, 5.41) is 13.3. The third-order valence-electron chi connectivity index (χ3n) is 2.52. The molecular formula is C13H13N3O2. The third-order valence-corrected chi connectivity index (χ3v) is 2.52. The molecule has 0 unspecified atom stereocenters. The zero-order valence-electron chi connectivity index (χ0n) is 15.5. The van der Waals surface area contributed by atoms with Gasteiger partial charge in [0.15, 0.2) is 0 Å². The van der Waals surface area contributed by atoms with Gasteiger partial charge in [0.05, 0.1) is 30.3 Å². The summed E-state index contributed by atoms with van der Waals surface area (Å²) < 4.78 is 51.3. The monoisotopic (exact) mass is 249 g/mol. The van der Waals surface area contributed by atoms with Crippen molar-refractivity contribution in [1.29, 1.82) is 5.26 Å². The maximum atomic E-state index is 11.6. The molecule has 0 aliphatic carbocycles. The summed E-state index contributed by atoms with van der Waals surface area (Å²) in [4.78, 5) is 11.6. The molecule has 92 valence electrons. The maximum Gasteiger partial charge on any atom is 0.341 e. The molecule has 0 fully saturated rings. The van der Waals surface area contributed by atoms with Gasteiger partial charge in [0.25, 0.3) is 0 Å². The Morgan fingerprint density at radius 3 is 3.00 bits per heavy atom. The van der Waals surface area contributed by atoms with Crippen LogP contribution in [0.4, 0.5) is 0 Å². The van der Waals surface area contributed by atoms with Crippen molar-refractivity contribution in [1.82, 2.24) is 9.61 Å². The van der Waals surface area contributed by atoms with Crippen LogP contribution >= 0.6 is 0 Å². The Morgan fingerprint density at radius 2 is 2.39 bits per heavy atom. The average molecular weight is 249 g/mol. The first-order valence-electron chi connectivity index (χ1n) is 7.97. The molecule has 0 radical (unpaired) electrons. The van der Waals surface area contributed by atoms with E-state index in [1.54, 1.807) is 0 Å². The van der Waals surface area contributed by atoms with E-state index in [2.05, 4.69) is 9.84 Å². The van der Waals surface area contributed by atoms with Crippen molar-refractivity contribution < 1.29 is 17.8 Å². The Balaban J connectivity index is 2.74. The van der Waals surface area contributed by atoms with Crippen molar-refractivity contribution >= 4 is 11.5 Å². The molecule has 0 aliphatic heterocycles. The second kappa shape index (κ2) is 4.15. The molecular weight excluding hydrogens is 230 g/mol. The third kappa shape index (κ3) is 1.82. The van der Waals surface area contributed by atoms with Crippen LogP contribution in [0.15, 0.2) is 24.5 Å². The minimum atomic E-state index is -3.10. The number of esters is 1. The standard InChI is InChI=1S/C13H13N3O2/c1-13(2,8-14)9-4-5-11-10(12(17)18-3)6-15-16(11)7-9/h4-7H,1-3H3/i1D3,2D3. The normalized spacial score (nSPS) is 17.6. The highest BCUT2D eigenvalue weighted by Crippen LogP contribution is 2.23. The van der Waals surface area contributed by atoms with E-state index < -0.39 is 25.1 Å². The fourth-order valence-electron chi connectivity index (χ4n) is 1.54. The Morgan fingerprint density at radius 1 is 1.61 bits per heavy atom. The van der Waals surface area contributed by atoms with Crippen molar-refractivity contribution in [3.05, 3.63) is 35.7 Å². The van der Waals surface area contributed by atoms with Crippen LogP contribution in [0.2, 0.25) is 0 Å². The van der Waals surface area contributed by atoms with Crippen molar-refractivity contribution in [3.8, 4) is 6.07 Å². The quantitative estimate of drug-likeness (QED) is 0.762. The molecule has 2 aromatic heterocycles. The summed E-state index contributed by atoms with van der Waals surface area (Å²) in [5.41, 5.74) is -2.52. The number of nitriles is 1. The minimum Gasteiger partial charge on any atom is -0.465 e. The largest absolute Gasteiger partial charge is 0.465 e. The summed E-state index contributed by atoms with van der Waals surface area (Å²) >= 11 is 0. The number of hydrogen-bond donors (Lipinski definition) is 0. The maximum absolute atomic E-state index is 11.6. The highest BCUT2D eigenvalue weighted by Gasteiger charge is 2.21. The molecule has 0 saturated carbocycles. The molecule has 2 heterocycles. The fourth-order valence-corrected chi connectivity index (χ4v) is 1.54. The van der Waals surface area contributed by atoms with Gasteiger partial charge in [-0.25, -0.2) is 9.31 Å². The molecule has 0 aromatic carbocycles. The molecule has 0 spiro atoms. The molecule has 0 atom stereocenters. The van der Waals surface area contributed by atoms with Gasteiger partial charge in [-0.3, -0.25) is 0 Å². The minimum absolute atomic E-state index is 0.134. The zero-order chi connectivity index (χ0) is 18.3. The fraction of sp³-hybridized carbons (Fsp3) is 0.308. The number of fused-ring (bicyclic) bond motifs is 1. The Labute approximate surface area is 113 Å². The summed E-state index contributed by atoms with van der Waals surface area (Å²) in [5.74, 6) is -0.643. The van der Waals surface area contributed by atoms with E-state index in [0.29, 0.717) is 5.52 Å². The van der Waals surface area contributed by atoms with Crippen LogP contribution in [0.5, 0.6) is 0 Å². The topological polar surface area (TPSA) is 67.4 Å². The lowest BCUT2D eigenvalue weighted by atomic mass is 9.87. The number of ether oxygens (including phenoxy) is 1. The Kier molecular flexibility index (Phi) is 1.51. The van der Waals surface area contributed by atoms with Crippen LogP contribution in [0.1, 0.15) is 37.8 Å². The van der Waals surface area contributed by atoms with Crippen LogP contribution in [0.3, 0.4) is 0 Å². The van der Waals surface area contributed by atoms with Crippen LogP contribution < -0.4 is 0 Å². The first-order valence-corrected chi connectivity index (χ1v) is 4.97. The van der Waals surface area contributed by atoms with Gasteiger partial charge < -0.3 is 4.74 Å². The van der Waals surface area contributed by atoms with Crippen molar-refractivity contribution in [2.24, 2.45) is 0 Å². The molecule has 0 aliphatic rings. The predicted molar refractivity (Wildman–Crippen MR) is 65.2 cm³/mol. The van der Waals surface area contributed by atoms with Crippen molar-refractivity contribution in [3.63, 3.8) is 0 Å². The van der Waals surface area contributed by atoms with E-state index in [4.69, 9.17) is 8.22 Å². The summed E-state index contributed by atoms with van der Waals surface area (Å²) in [7, 11) is 1.20. The van der Waals surface area contributed by atoms with Gasteiger partial charge >= 0.3 is 5.97 Å². The lowest BCUT2D eigenvalue weighted by Crippen LogP contribution is -2.14. The molecule has 5 heteroatoms. The highest BCUT2D eigenvalue weighted by molar-refractivity contribution is 5.96. The number of carbonyl (C=O) groups is 1. The lowest BCUT2D eigenvalue weighted by Gasteiger charge is -2.15. The molecule has 2 aromatic rings. The molecule has 2 rings (SSSR count). The lowest BCUT2D eigenvalue weighted by molar-refractivity contribution is 0.0603. The van der Waals surface area contributed by atoms with E-state index in [0.717, 1.165) is 10.7 Å². The zero-order valence-corrected chi connectivity index (χ0v) is 9.47. The number of pyridine rings is 1. The number of methoxy groups -OCH3 is 1. The second-order valence-corrected chi connectivity index (χ2v) is 3.66. The number of rotatable bonds is 2. The first-order chi connectivity index (χ1) is 11.0. The van der Waals surface area contributed by atoms with Gasteiger partial charge in [0, 0.05) is 14.4 Å². The van der Waals surface area contributed by atoms with Crippen molar-refractivity contribution in [2.45, 2.75) is 19.1 Å². The molecule has 0 N–H and O–H groups in total. The van der Waals surface area contributed by atoms with Crippen LogP contribution in [0, 0.1) is 11.3 Å². The van der Waals surface area contributed by atoms with Gasteiger partial charge in [0.2, 0.25) is 0 Å². The SMILES string of the molecule is [2H]C([2H])([2H])C(C#N)(c1ccc2c(C(=O)OC)cnn2c1)C([2H])([2H])[2H]. The summed E-state index contributed by atoms with van der Waals surface area (Å²) in [6.07, 6.45) is 2.34. The smallest absolute Gasteiger partial charge is 0.341 e. The Bertz CT molecular complexity index is 817. The van der Waals surface area contributed by atoms with Crippen molar-refractivity contribution in [2.75, 3.05) is 7.11 Å². The number of aromatic nitrogens is 2. The molecule has 0 bridgehead atoms. The van der Waals surface area contributed by atoms with Crippen LogP contribution in [0.25, 0.3) is 5.52 Å². The molecule has 5 nitrogen and oxygen atoms in total. The molecule has 0 amide bonds. The summed E-state index contributed by atoms with van der Waals surface area (Å²) in [6, 6.07) is 3.99. The number of nitrogens with zero attached hydrogens (tertiary/aromatic N) is 3. The van der Waals surface area contributed by atoms with E-state index in [1.165, 1.54) is 31.5 Å². The van der Waals surface area contributed by atoms with Crippen LogP contribution in [-0.4, -0.2) is 22.7 Å². The van der Waals surface area contributed by atoms with Gasteiger partial charge in [0.1, 0.15) is 5.56 Å². The second-order valence-electron chi connectivity index (χ2n) is 3.66. The number of carbonyl (C=O) groups excluding carboxylic acids is 1. The van der Waals surface area contributed by atoms with Gasteiger partial charge in [-0.05, 0) is 25.3 Å². The number of hydrogen-bond acceptors (Lipinski definition) is 4. The van der Waals surface area contributed by atoms with Crippen LogP contribution in [-0.2, 0) is 10.2 Å². The van der Waals surface area contributed by atoms with Gasteiger partial charge in [-0.15, -0.1) is 0 Å². The van der Waals surface area contributed by atoms with Gasteiger partial charge in [-0.2, -0.15) is 10.4 Å². The average Bonchev–Trinajstić information content (AvgIpc) is 2.87. The summed E-state index contributed by atoms with van der Waals surface area (Å²) in [6.45, 7) is -6.20. The van der Waals surface area contributed by atoms with E-state index in [-0.39, 0.29) is 11.1 Å². The molecule has 18 heavy (non-hydrogen) atoms. The molecule has 0 saturated heterocycles. The van der Waals surface area contributed by atoms with E-state index in [9.17, 15) is 10.1 Å². The Hall–Kier alpha value is -2.35. The predicted octanol–water partition coefficient (Wildman–Crippen LogP) is 1.92. The highest BCUT2D eigenvalue weighted by atomic mass is 16.5. The van der Waals surface area contributed by atoms with E-state index >= 15 is 0 Å². The van der Waals surface area contributed by atoms with Gasteiger partial charge in [-0.1, -0.05) is 6.07 Å².